The van der Waals surface area contributed by atoms with Crippen LogP contribution in [0.3, 0.4) is 0 Å². The molecule has 0 N–H and O–H groups in total. The number of aryl methyl sites for hydroxylation is 1. The van der Waals surface area contributed by atoms with Gasteiger partial charge in [0.05, 0.1) is 12.2 Å². The van der Waals surface area contributed by atoms with Crippen molar-refractivity contribution in [2.75, 3.05) is 6.61 Å². The van der Waals surface area contributed by atoms with Crippen molar-refractivity contribution in [3.63, 3.8) is 0 Å². The highest BCUT2D eigenvalue weighted by Gasteiger charge is 2.06. The zero-order valence-electron chi connectivity index (χ0n) is 12.1. The monoisotopic (exact) mass is 268 g/mol. The van der Waals surface area contributed by atoms with Crippen LogP contribution in [0.15, 0.2) is 48.5 Å². The minimum Gasteiger partial charge on any atom is -0.462 e. The molecule has 0 bridgehead atoms. The Bertz CT molecular complexity index is 553. The number of esters is 1. The van der Waals surface area contributed by atoms with Crippen molar-refractivity contribution in [1.29, 1.82) is 0 Å². The predicted octanol–water partition coefficient (Wildman–Crippen LogP) is 4.48. The molecule has 0 atom stereocenters. The van der Waals surface area contributed by atoms with E-state index in [1.807, 2.05) is 31.2 Å². The standard InChI is InChI=1S/C18H20O2/c1-3-5-14-6-8-15(9-7-14)16-10-12-17(13-11-16)18(19)20-4-2/h6-13H,3-5H2,1-2H3. The highest BCUT2D eigenvalue weighted by molar-refractivity contribution is 5.90. The predicted molar refractivity (Wildman–Crippen MR) is 81.8 cm³/mol. The van der Waals surface area contributed by atoms with E-state index in [2.05, 4.69) is 31.2 Å². The molecule has 0 aliphatic rings. The van der Waals surface area contributed by atoms with Crippen LogP contribution in [0, 0.1) is 0 Å². The average molecular weight is 268 g/mol. The number of carbonyl (C=O) groups is 1. The Labute approximate surface area is 120 Å². The molecule has 0 unspecified atom stereocenters. The van der Waals surface area contributed by atoms with E-state index in [9.17, 15) is 4.79 Å². The first-order valence-electron chi connectivity index (χ1n) is 7.11. The summed E-state index contributed by atoms with van der Waals surface area (Å²) < 4.78 is 4.98. The van der Waals surface area contributed by atoms with E-state index in [0.717, 1.165) is 18.4 Å². The molecule has 0 saturated carbocycles. The first-order valence-corrected chi connectivity index (χ1v) is 7.11. The molecule has 2 heteroatoms. The number of hydrogen-bond donors (Lipinski definition) is 0. The van der Waals surface area contributed by atoms with Crippen LogP contribution in [0.25, 0.3) is 11.1 Å². The molecule has 0 saturated heterocycles. The highest BCUT2D eigenvalue weighted by Crippen LogP contribution is 2.21. The Kier molecular flexibility index (Phi) is 4.94. The van der Waals surface area contributed by atoms with Crippen molar-refractivity contribution in [2.45, 2.75) is 26.7 Å². The normalized spacial score (nSPS) is 10.3. The second kappa shape index (κ2) is 6.90. The van der Waals surface area contributed by atoms with Gasteiger partial charge < -0.3 is 4.74 Å². The molecule has 2 aromatic carbocycles. The fourth-order valence-corrected chi connectivity index (χ4v) is 2.17. The van der Waals surface area contributed by atoms with E-state index in [0.29, 0.717) is 12.2 Å². The molecule has 2 rings (SSSR count). The molecule has 0 aliphatic heterocycles. The average Bonchev–Trinajstić information content (AvgIpc) is 2.49. The van der Waals surface area contributed by atoms with Gasteiger partial charge in [-0.1, -0.05) is 49.7 Å². The van der Waals surface area contributed by atoms with E-state index in [1.165, 1.54) is 11.1 Å². The van der Waals surface area contributed by atoms with E-state index < -0.39 is 0 Å². The smallest absolute Gasteiger partial charge is 0.338 e. The number of hydrogen-bond acceptors (Lipinski definition) is 2. The summed E-state index contributed by atoms with van der Waals surface area (Å²) in [6.45, 7) is 4.39. The molecular weight excluding hydrogens is 248 g/mol. The van der Waals surface area contributed by atoms with Crippen molar-refractivity contribution in [3.05, 3.63) is 59.7 Å². The third-order valence-electron chi connectivity index (χ3n) is 3.22. The second-order valence-corrected chi connectivity index (χ2v) is 4.74. The third-order valence-corrected chi connectivity index (χ3v) is 3.22. The van der Waals surface area contributed by atoms with Crippen molar-refractivity contribution < 1.29 is 9.53 Å². The Hall–Kier alpha value is -2.09. The van der Waals surface area contributed by atoms with Crippen LogP contribution in [-0.2, 0) is 11.2 Å². The SMILES string of the molecule is CCCc1ccc(-c2ccc(C(=O)OCC)cc2)cc1. The van der Waals surface area contributed by atoms with Crippen LogP contribution < -0.4 is 0 Å². The molecular formula is C18H20O2. The van der Waals surface area contributed by atoms with Crippen molar-refractivity contribution in [2.24, 2.45) is 0 Å². The zero-order valence-corrected chi connectivity index (χ0v) is 12.1. The maximum absolute atomic E-state index is 11.6. The van der Waals surface area contributed by atoms with Crippen LogP contribution in [0.5, 0.6) is 0 Å². The molecule has 2 aromatic rings. The highest BCUT2D eigenvalue weighted by atomic mass is 16.5. The molecule has 0 aromatic heterocycles. The third kappa shape index (κ3) is 3.47. The summed E-state index contributed by atoms with van der Waals surface area (Å²) in [5.41, 5.74) is 4.24. The molecule has 0 heterocycles. The molecule has 0 amide bonds. The first kappa shape index (κ1) is 14.3. The van der Waals surface area contributed by atoms with Crippen molar-refractivity contribution in [1.82, 2.24) is 0 Å². The molecule has 0 radical (unpaired) electrons. The van der Waals surface area contributed by atoms with Gasteiger partial charge in [-0.25, -0.2) is 4.79 Å². The summed E-state index contributed by atoms with van der Waals surface area (Å²) in [5, 5.41) is 0. The number of rotatable bonds is 5. The van der Waals surface area contributed by atoms with Crippen LogP contribution in [0.1, 0.15) is 36.2 Å². The van der Waals surface area contributed by atoms with Gasteiger partial charge in [-0.3, -0.25) is 0 Å². The summed E-state index contributed by atoms with van der Waals surface area (Å²) >= 11 is 0. The minimum atomic E-state index is -0.266. The summed E-state index contributed by atoms with van der Waals surface area (Å²) in [6, 6.07) is 16.1. The molecule has 2 nitrogen and oxygen atoms in total. The van der Waals surface area contributed by atoms with Gasteiger partial charge in [0.1, 0.15) is 0 Å². The summed E-state index contributed by atoms with van der Waals surface area (Å²) in [5.74, 6) is -0.266. The number of carbonyl (C=O) groups excluding carboxylic acids is 1. The van der Waals surface area contributed by atoms with Gasteiger partial charge in [0.15, 0.2) is 0 Å². The summed E-state index contributed by atoms with van der Waals surface area (Å²) in [7, 11) is 0. The summed E-state index contributed by atoms with van der Waals surface area (Å²) in [6.07, 6.45) is 2.27. The lowest BCUT2D eigenvalue weighted by Crippen LogP contribution is -2.03. The van der Waals surface area contributed by atoms with Crippen LogP contribution >= 0.6 is 0 Å². The van der Waals surface area contributed by atoms with E-state index >= 15 is 0 Å². The Morgan fingerprint density at radius 1 is 0.900 bits per heavy atom. The Balaban J connectivity index is 2.15. The lowest BCUT2D eigenvalue weighted by molar-refractivity contribution is 0.0526. The fraction of sp³-hybridized carbons (Fsp3) is 0.278. The lowest BCUT2D eigenvalue weighted by atomic mass is 10.0. The van der Waals surface area contributed by atoms with Crippen molar-refractivity contribution in [3.8, 4) is 11.1 Å². The Morgan fingerprint density at radius 3 is 1.95 bits per heavy atom. The topological polar surface area (TPSA) is 26.3 Å². The van der Waals surface area contributed by atoms with Crippen molar-refractivity contribution >= 4 is 5.97 Å². The van der Waals surface area contributed by atoms with Gasteiger partial charge in [-0.2, -0.15) is 0 Å². The largest absolute Gasteiger partial charge is 0.462 e. The number of ether oxygens (including phenoxy) is 1. The van der Waals surface area contributed by atoms with Gasteiger partial charge in [-0.05, 0) is 42.2 Å². The fourth-order valence-electron chi connectivity index (χ4n) is 2.17. The molecule has 0 fully saturated rings. The van der Waals surface area contributed by atoms with Crippen LogP contribution in [0.2, 0.25) is 0 Å². The van der Waals surface area contributed by atoms with Gasteiger partial charge >= 0.3 is 5.97 Å². The maximum Gasteiger partial charge on any atom is 0.338 e. The molecule has 0 aliphatic carbocycles. The van der Waals surface area contributed by atoms with Crippen LogP contribution in [-0.4, -0.2) is 12.6 Å². The summed E-state index contributed by atoms with van der Waals surface area (Å²) in [4.78, 5) is 11.6. The van der Waals surface area contributed by atoms with Gasteiger partial charge in [0.25, 0.3) is 0 Å². The van der Waals surface area contributed by atoms with Gasteiger partial charge in [-0.15, -0.1) is 0 Å². The van der Waals surface area contributed by atoms with Gasteiger partial charge in [0, 0.05) is 0 Å². The Morgan fingerprint density at radius 2 is 1.45 bits per heavy atom. The van der Waals surface area contributed by atoms with Gasteiger partial charge in [0.2, 0.25) is 0 Å². The quantitative estimate of drug-likeness (QED) is 0.747. The van der Waals surface area contributed by atoms with E-state index in [-0.39, 0.29) is 5.97 Å². The molecule has 20 heavy (non-hydrogen) atoms. The minimum absolute atomic E-state index is 0.266. The lowest BCUT2D eigenvalue weighted by Gasteiger charge is -2.05. The first-order chi connectivity index (χ1) is 9.74. The zero-order chi connectivity index (χ0) is 14.4. The van der Waals surface area contributed by atoms with E-state index in [1.54, 1.807) is 0 Å². The number of benzene rings is 2. The maximum atomic E-state index is 11.6. The van der Waals surface area contributed by atoms with E-state index in [4.69, 9.17) is 4.74 Å². The molecule has 0 spiro atoms. The second-order valence-electron chi connectivity index (χ2n) is 4.74. The van der Waals surface area contributed by atoms with Crippen LogP contribution in [0.4, 0.5) is 0 Å². The molecule has 104 valence electrons.